The molecule has 1 unspecified atom stereocenters. The van der Waals surface area contributed by atoms with Crippen LogP contribution in [0.3, 0.4) is 0 Å². The van der Waals surface area contributed by atoms with Gasteiger partial charge in [0.2, 0.25) is 0 Å². The lowest BCUT2D eigenvalue weighted by Gasteiger charge is -2.28. The molecule has 1 atom stereocenters. The molecule has 4 rings (SSSR count). The second-order valence-corrected chi connectivity index (χ2v) is 7.27. The molecule has 2 aliphatic rings. The number of hydrogen-bond acceptors (Lipinski definition) is 2. The van der Waals surface area contributed by atoms with Crippen molar-refractivity contribution in [3.05, 3.63) is 92.3 Å². The van der Waals surface area contributed by atoms with Crippen LogP contribution in [-0.2, 0) is 15.3 Å². The Morgan fingerprint density at radius 2 is 1.50 bits per heavy atom. The van der Waals surface area contributed by atoms with E-state index in [1.54, 1.807) is 42.5 Å². The quantitative estimate of drug-likeness (QED) is 0.543. The van der Waals surface area contributed by atoms with Gasteiger partial charge in [0.25, 0.3) is 5.92 Å². The maximum Gasteiger partial charge on any atom is 0.307 e. The molecule has 1 aliphatic heterocycles. The zero-order valence-electron chi connectivity index (χ0n) is 13.1. The molecule has 1 saturated heterocycles. The SMILES string of the molecule is FC1(F)C=C2OC(c3ccc(Cl)cc3)(c3ccc(Cl)cc3Cl)OC2=CC1. The van der Waals surface area contributed by atoms with Gasteiger partial charge in [0.1, 0.15) is 0 Å². The number of ether oxygens (including phenoxy) is 2. The normalized spacial score (nSPS) is 23.4. The van der Waals surface area contributed by atoms with E-state index in [4.69, 9.17) is 44.3 Å². The summed E-state index contributed by atoms with van der Waals surface area (Å²) in [4.78, 5) is 0. The minimum absolute atomic E-state index is 0.0257. The van der Waals surface area contributed by atoms with E-state index in [0.717, 1.165) is 6.08 Å². The Morgan fingerprint density at radius 1 is 0.846 bits per heavy atom. The number of halogens is 5. The van der Waals surface area contributed by atoms with Crippen LogP contribution >= 0.6 is 34.8 Å². The van der Waals surface area contributed by atoms with Gasteiger partial charge in [-0.05, 0) is 48.5 Å². The predicted molar refractivity (Wildman–Crippen MR) is 96.6 cm³/mol. The summed E-state index contributed by atoms with van der Waals surface area (Å²) in [7, 11) is 0. The molecule has 134 valence electrons. The van der Waals surface area contributed by atoms with Gasteiger partial charge in [-0.2, -0.15) is 0 Å². The van der Waals surface area contributed by atoms with Crippen LogP contribution in [0.5, 0.6) is 0 Å². The summed E-state index contributed by atoms with van der Waals surface area (Å²) in [5.41, 5.74) is 1.01. The third-order valence-corrected chi connectivity index (χ3v) is 4.96. The van der Waals surface area contributed by atoms with Gasteiger partial charge < -0.3 is 9.47 Å². The maximum absolute atomic E-state index is 13.8. The molecule has 7 heteroatoms. The molecule has 1 fully saturated rings. The second kappa shape index (κ2) is 6.15. The first-order valence-electron chi connectivity index (χ1n) is 7.70. The van der Waals surface area contributed by atoms with E-state index in [1.165, 1.54) is 6.08 Å². The molecule has 0 bridgehead atoms. The molecule has 0 spiro atoms. The highest BCUT2D eigenvalue weighted by Crippen LogP contribution is 2.51. The summed E-state index contributed by atoms with van der Waals surface area (Å²) in [6.45, 7) is 0. The van der Waals surface area contributed by atoms with Crippen molar-refractivity contribution in [1.82, 2.24) is 0 Å². The predicted octanol–water partition coefficient (Wildman–Crippen LogP) is 6.70. The topological polar surface area (TPSA) is 18.5 Å². The monoisotopic (exact) mass is 414 g/mol. The highest BCUT2D eigenvalue weighted by molar-refractivity contribution is 6.35. The van der Waals surface area contributed by atoms with Gasteiger partial charge >= 0.3 is 5.79 Å². The fraction of sp³-hybridized carbons (Fsp3) is 0.158. The molecule has 0 N–H and O–H groups in total. The van der Waals surface area contributed by atoms with Gasteiger partial charge in [-0.1, -0.05) is 34.8 Å². The van der Waals surface area contributed by atoms with Crippen molar-refractivity contribution in [2.24, 2.45) is 0 Å². The van der Waals surface area contributed by atoms with Gasteiger partial charge in [-0.3, -0.25) is 0 Å². The van der Waals surface area contributed by atoms with E-state index in [9.17, 15) is 8.78 Å². The number of hydrogen-bond donors (Lipinski definition) is 0. The van der Waals surface area contributed by atoms with Gasteiger partial charge in [0, 0.05) is 28.1 Å². The Hall–Kier alpha value is -1.75. The summed E-state index contributed by atoms with van der Waals surface area (Å²) < 4.78 is 39.5. The molecule has 0 saturated carbocycles. The number of alkyl halides is 2. The fourth-order valence-corrected chi connectivity index (χ4v) is 3.62. The fourth-order valence-electron chi connectivity index (χ4n) is 2.96. The Labute approximate surface area is 163 Å². The van der Waals surface area contributed by atoms with Crippen LogP contribution in [-0.4, -0.2) is 5.92 Å². The molecular weight excluding hydrogens is 405 g/mol. The van der Waals surface area contributed by atoms with Crippen LogP contribution in [0.25, 0.3) is 0 Å². The van der Waals surface area contributed by atoms with Gasteiger partial charge in [-0.25, -0.2) is 8.78 Å². The van der Waals surface area contributed by atoms with E-state index in [0.29, 0.717) is 26.2 Å². The number of benzene rings is 2. The van der Waals surface area contributed by atoms with E-state index in [-0.39, 0.29) is 11.5 Å². The lowest BCUT2D eigenvalue weighted by molar-refractivity contribution is -0.108. The van der Waals surface area contributed by atoms with E-state index >= 15 is 0 Å². The van der Waals surface area contributed by atoms with Crippen molar-refractivity contribution in [3.8, 4) is 0 Å². The Bertz CT molecular complexity index is 938. The average Bonchev–Trinajstić information content (AvgIpc) is 2.93. The Morgan fingerprint density at radius 3 is 2.19 bits per heavy atom. The third kappa shape index (κ3) is 2.96. The molecule has 2 nitrogen and oxygen atoms in total. The Balaban J connectivity index is 1.91. The van der Waals surface area contributed by atoms with E-state index < -0.39 is 18.1 Å². The summed E-state index contributed by atoms with van der Waals surface area (Å²) in [5, 5.41) is 1.25. The summed E-state index contributed by atoms with van der Waals surface area (Å²) in [6.07, 6.45) is 1.63. The first-order valence-corrected chi connectivity index (χ1v) is 8.83. The van der Waals surface area contributed by atoms with Crippen molar-refractivity contribution in [3.63, 3.8) is 0 Å². The van der Waals surface area contributed by atoms with E-state index in [1.807, 2.05) is 0 Å². The van der Waals surface area contributed by atoms with Gasteiger partial charge in [0.15, 0.2) is 11.5 Å². The van der Waals surface area contributed by atoms with Crippen LogP contribution in [0.2, 0.25) is 15.1 Å². The number of allylic oxidation sites excluding steroid dienone is 2. The zero-order chi connectivity index (χ0) is 18.5. The lowest BCUT2D eigenvalue weighted by atomic mass is 9.97. The molecule has 2 aromatic rings. The van der Waals surface area contributed by atoms with Crippen molar-refractivity contribution < 1.29 is 18.3 Å². The average molecular weight is 416 g/mol. The molecule has 0 radical (unpaired) electrons. The van der Waals surface area contributed by atoms with Gasteiger partial charge in [0.05, 0.1) is 10.6 Å². The standard InChI is InChI=1S/C19H11Cl3F2O2/c20-12-3-1-11(2-4-12)19(14-6-5-13(21)9-15(14)22)25-16-7-8-18(23,24)10-17(16)26-19/h1-7,9-10H,8H2. The van der Waals surface area contributed by atoms with Gasteiger partial charge in [-0.15, -0.1) is 0 Å². The smallest absolute Gasteiger partial charge is 0.307 e. The summed E-state index contributed by atoms with van der Waals surface area (Å²) in [5.74, 6) is -4.29. The van der Waals surface area contributed by atoms with Crippen molar-refractivity contribution in [1.29, 1.82) is 0 Å². The minimum atomic E-state index is -3.00. The maximum atomic E-state index is 13.8. The molecule has 0 amide bonds. The zero-order valence-corrected chi connectivity index (χ0v) is 15.4. The molecule has 2 aromatic carbocycles. The Kier molecular flexibility index (Phi) is 4.18. The number of rotatable bonds is 2. The third-order valence-electron chi connectivity index (χ3n) is 4.16. The molecule has 1 heterocycles. The largest absolute Gasteiger partial charge is 0.441 e. The number of fused-ring (bicyclic) bond motifs is 1. The minimum Gasteiger partial charge on any atom is -0.441 e. The van der Waals surface area contributed by atoms with Crippen LogP contribution in [0.1, 0.15) is 17.5 Å². The lowest BCUT2D eigenvalue weighted by Crippen LogP contribution is -2.28. The first kappa shape index (κ1) is 17.7. The first-order chi connectivity index (χ1) is 12.3. The molecule has 26 heavy (non-hydrogen) atoms. The second-order valence-electron chi connectivity index (χ2n) is 5.99. The van der Waals surface area contributed by atoms with Crippen molar-refractivity contribution in [2.75, 3.05) is 0 Å². The van der Waals surface area contributed by atoms with Crippen LogP contribution in [0.15, 0.2) is 66.1 Å². The summed E-state index contributed by atoms with van der Waals surface area (Å²) >= 11 is 18.3. The van der Waals surface area contributed by atoms with Crippen molar-refractivity contribution >= 4 is 34.8 Å². The van der Waals surface area contributed by atoms with Crippen LogP contribution in [0.4, 0.5) is 8.78 Å². The van der Waals surface area contributed by atoms with Crippen LogP contribution in [0, 0.1) is 0 Å². The van der Waals surface area contributed by atoms with Crippen molar-refractivity contribution in [2.45, 2.75) is 18.1 Å². The molecular formula is C19H11Cl3F2O2. The molecule has 1 aliphatic carbocycles. The highest BCUT2D eigenvalue weighted by Gasteiger charge is 2.50. The summed E-state index contributed by atoms with van der Waals surface area (Å²) in [6, 6.07) is 11.5. The van der Waals surface area contributed by atoms with Crippen LogP contribution < -0.4 is 0 Å². The molecule has 0 aromatic heterocycles. The highest BCUT2D eigenvalue weighted by atomic mass is 35.5. The van der Waals surface area contributed by atoms with E-state index in [2.05, 4.69) is 0 Å².